The third kappa shape index (κ3) is 1.75. The molecule has 0 saturated carbocycles. The van der Waals surface area contributed by atoms with Gasteiger partial charge in [0, 0.05) is 12.5 Å². The molecule has 1 aromatic rings. The summed E-state index contributed by atoms with van der Waals surface area (Å²) in [6.07, 6.45) is 0.506. The Bertz CT molecular complexity index is 274. The topological polar surface area (TPSA) is 44.5 Å². The van der Waals surface area contributed by atoms with E-state index in [-0.39, 0.29) is 12.3 Å². The lowest BCUT2D eigenvalue weighted by molar-refractivity contribution is 0.0374. The molecule has 2 rings (SSSR count). The Morgan fingerprint density at radius 1 is 1.31 bits per heavy atom. The van der Waals surface area contributed by atoms with Crippen molar-refractivity contribution in [2.24, 2.45) is 5.73 Å². The normalized spacial score (nSPS) is 17.4. The van der Waals surface area contributed by atoms with Crippen molar-refractivity contribution in [3.05, 3.63) is 24.3 Å². The van der Waals surface area contributed by atoms with E-state index in [1.807, 2.05) is 31.2 Å². The Morgan fingerprint density at radius 2 is 1.85 bits per heavy atom. The average Bonchev–Trinajstić information content (AvgIpc) is 2.44. The Labute approximate surface area is 77.5 Å². The number of hydrogen-bond donors (Lipinski definition) is 1. The smallest absolute Gasteiger partial charge is 0.243 e. The number of ether oxygens (including phenoxy) is 2. The van der Waals surface area contributed by atoms with E-state index < -0.39 is 0 Å². The number of nitrogens with two attached hydrogens (primary N) is 1. The molecule has 0 radical (unpaired) electrons. The lowest BCUT2D eigenvalue weighted by atomic mass is 10.2. The number of hydrogen-bond acceptors (Lipinski definition) is 3. The Kier molecular flexibility index (Phi) is 2.10. The van der Waals surface area contributed by atoms with Crippen LogP contribution in [-0.2, 0) is 0 Å². The minimum atomic E-state index is -0.211. The van der Waals surface area contributed by atoms with Crippen LogP contribution in [0.2, 0.25) is 0 Å². The molecule has 0 saturated heterocycles. The molecule has 1 unspecified atom stereocenters. The van der Waals surface area contributed by atoms with Gasteiger partial charge in [0.25, 0.3) is 0 Å². The molecule has 1 aliphatic rings. The molecule has 1 heterocycles. The van der Waals surface area contributed by atoms with Gasteiger partial charge in [-0.15, -0.1) is 0 Å². The van der Waals surface area contributed by atoms with Crippen LogP contribution >= 0.6 is 0 Å². The van der Waals surface area contributed by atoms with Crippen LogP contribution in [0.1, 0.15) is 13.3 Å². The van der Waals surface area contributed by atoms with Crippen molar-refractivity contribution in [2.45, 2.75) is 25.7 Å². The summed E-state index contributed by atoms with van der Waals surface area (Å²) in [5.41, 5.74) is 5.65. The number of rotatable bonds is 2. The highest BCUT2D eigenvalue weighted by atomic mass is 16.7. The predicted molar refractivity (Wildman–Crippen MR) is 49.8 cm³/mol. The Morgan fingerprint density at radius 3 is 2.31 bits per heavy atom. The SMILES string of the molecule is CC(N)CC1Oc2ccccc2O1. The van der Waals surface area contributed by atoms with Crippen molar-refractivity contribution in [3.8, 4) is 11.5 Å². The van der Waals surface area contributed by atoms with Gasteiger partial charge in [-0.25, -0.2) is 0 Å². The summed E-state index contributed by atoms with van der Waals surface area (Å²) in [4.78, 5) is 0. The maximum atomic E-state index is 5.65. The summed E-state index contributed by atoms with van der Waals surface area (Å²) in [6.45, 7) is 1.94. The molecule has 3 nitrogen and oxygen atoms in total. The fraction of sp³-hybridized carbons (Fsp3) is 0.400. The second-order valence-corrected chi connectivity index (χ2v) is 3.32. The van der Waals surface area contributed by atoms with Crippen molar-refractivity contribution < 1.29 is 9.47 Å². The van der Waals surface area contributed by atoms with E-state index in [1.54, 1.807) is 0 Å². The van der Waals surface area contributed by atoms with Crippen LogP contribution < -0.4 is 15.2 Å². The molecule has 0 fully saturated rings. The summed E-state index contributed by atoms with van der Waals surface area (Å²) >= 11 is 0. The molecule has 0 bridgehead atoms. The molecular formula is C10H13NO2. The van der Waals surface area contributed by atoms with Crippen molar-refractivity contribution in [1.82, 2.24) is 0 Å². The molecule has 0 amide bonds. The molecule has 13 heavy (non-hydrogen) atoms. The van der Waals surface area contributed by atoms with E-state index >= 15 is 0 Å². The molecule has 0 aromatic heterocycles. The van der Waals surface area contributed by atoms with Crippen LogP contribution in [0.15, 0.2) is 24.3 Å². The van der Waals surface area contributed by atoms with Crippen LogP contribution in [0.25, 0.3) is 0 Å². The molecule has 1 atom stereocenters. The highest BCUT2D eigenvalue weighted by Crippen LogP contribution is 2.34. The zero-order valence-corrected chi connectivity index (χ0v) is 7.57. The zero-order chi connectivity index (χ0) is 9.26. The lowest BCUT2D eigenvalue weighted by Crippen LogP contribution is -2.28. The fourth-order valence-electron chi connectivity index (χ4n) is 1.35. The third-order valence-electron chi connectivity index (χ3n) is 1.93. The molecule has 0 aliphatic carbocycles. The van der Waals surface area contributed by atoms with Gasteiger partial charge in [-0.3, -0.25) is 0 Å². The molecular weight excluding hydrogens is 166 g/mol. The summed E-state index contributed by atoms with van der Waals surface area (Å²) in [5.74, 6) is 1.63. The van der Waals surface area contributed by atoms with Gasteiger partial charge < -0.3 is 15.2 Å². The summed E-state index contributed by atoms with van der Waals surface area (Å²) in [7, 11) is 0. The highest BCUT2D eigenvalue weighted by molar-refractivity contribution is 5.41. The van der Waals surface area contributed by atoms with Gasteiger partial charge in [0.2, 0.25) is 6.29 Å². The minimum Gasteiger partial charge on any atom is -0.451 e. The van der Waals surface area contributed by atoms with E-state index in [9.17, 15) is 0 Å². The number of benzene rings is 1. The zero-order valence-electron chi connectivity index (χ0n) is 7.57. The largest absolute Gasteiger partial charge is 0.451 e. The standard InChI is InChI=1S/C10H13NO2/c1-7(11)6-10-12-8-4-2-3-5-9(8)13-10/h2-5,7,10H,6,11H2,1H3. The van der Waals surface area contributed by atoms with Gasteiger partial charge in [-0.05, 0) is 19.1 Å². The van der Waals surface area contributed by atoms with Gasteiger partial charge in [0.1, 0.15) is 0 Å². The quantitative estimate of drug-likeness (QED) is 0.748. The molecule has 70 valence electrons. The van der Waals surface area contributed by atoms with E-state index in [0.717, 1.165) is 11.5 Å². The molecule has 3 heteroatoms. The number of fused-ring (bicyclic) bond motifs is 1. The van der Waals surface area contributed by atoms with Crippen molar-refractivity contribution in [3.63, 3.8) is 0 Å². The summed E-state index contributed by atoms with van der Waals surface area (Å²) < 4.78 is 11.0. The lowest BCUT2D eigenvalue weighted by Gasteiger charge is -2.11. The van der Waals surface area contributed by atoms with Crippen LogP contribution in [0.4, 0.5) is 0 Å². The van der Waals surface area contributed by atoms with Crippen LogP contribution in [-0.4, -0.2) is 12.3 Å². The van der Waals surface area contributed by atoms with Crippen molar-refractivity contribution in [2.75, 3.05) is 0 Å². The van der Waals surface area contributed by atoms with Crippen molar-refractivity contribution >= 4 is 0 Å². The van der Waals surface area contributed by atoms with Gasteiger partial charge >= 0.3 is 0 Å². The highest BCUT2D eigenvalue weighted by Gasteiger charge is 2.23. The van der Waals surface area contributed by atoms with E-state index in [0.29, 0.717) is 6.42 Å². The first-order valence-corrected chi connectivity index (χ1v) is 4.43. The predicted octanol–water partition coefficient (Wildman–Crippen LogP) is 1.52. The number of para-hydroxylation sites is 2. The Balaban J connectivity index is 2.05. The second kappa shape index (κ2) is 3.26. The van der Waals surface area contributed by atoms with Gasteiger partial charge in [0.05, 0.1) is 0 Å². The molecule has 1 aliphatic heterocycles. The van der Waals surface area contributed by atoms with Gasteiger partial charge in [-0.1, -0.05) is 12.1 Å². The average molecular weight is 179 g/mol. The Hall–Kier alpha value is -1.22. The van der Waals surface area contributed by atoms with Gasteiger partial charge in [-0.2, -0.15) is 0 Å². The van der Waals surface area contributed by atoms with E-state index in [1.165, 1.54) is 0 Å². The first-order valence-electron chi connectivity index (χ1n) is 4.43. The maximum absolute atomic E-state index is 5.65. The fourth-order valence-corrected chi connectivity index (χ4v) is 1.35. The molecule has 2 N–H and O–H groups in total. The van der Waals surface area contributed by atoms with Crippen LogP contribution in [0, 0.1) is 0 Å². The van der Waals surface area contributed by atoms with Gasteiger partial charge in [0.15, 0.2) is 11.5 Å². The monoisotopic (exact) mass is 179 g/mol. The van der Waals surface area contributed by atoms with E-state index in [2.05, 4.69) is 0 Å². The minimum absolute atomic E-state index is 0.0966. The van der Waals surface area contributed by atoms with Crippen LogP contribution in [0.3, 0.4) is 0 Å². The summed E-state index contributed by atoms with van der Waals surface area (Å²) in [5, 5.41) is 0. The van der Waals surface area contributed by atoms with E-state index in [4.69, 9.17) is 15.2 Å². The molecule has 1 aromatic carbocycles. The molecule has 0 spiro atoms. The van der Waals surface area contributed by atoms with Crippen molar-refractivity contribution in [1.29, 1.82) is 0 Å². The third-order valence-corrected chi connectivity index (χ3v) is 1.93. The summed E-state index contributed by atoms with van der Waals surface area (Å²) in [6, 6.07) is 7.75. The first-order chi connectivity index (χ1) is 6.25. The maximum Gasteiger partial charge on any atom is 0.243 e. The second-order valence-electron chi connectivity index (χ2n) is 3.32. The van der Waals surface area contributed by atoms with Crippen LogP contribution in [0.5, 0.6) is 11.5 Å². The first kappa shape index (κ1) is 8.38.